The lowest BCUT2D eigenvalue weighted by molar-refractivity contribution is -0.698. The van der Waals surface area contributed by atoms with Crippen molar-refractivity contribution in [3.8, 4) is 11.7 Å². The van der Waals surface area contributed by atoms with Crippen molar-refractivity contribution < 1.29 is 31.3 Å². The molecule has 5 rings (SSSR count). The first-order chi connectivity index (χ1) is 12.5. The Bertz CT molecular complexity index is 1050. The zero-order valence-electron chi connectivity index (χ0n) is 12.9. The Morgan fingerprint density at radius 1 is 0.962 bits per heavy atom. The van der Waals surface area contributed by atoms with Crippen LogP contribution in [0.3, 0.4) is 0 Å². The third-order valence-electron chi connectivity index (χ3n) is 4.77. The molecule has 26 heavy (non-hydrogen) atoms. The fraction of sp³-hybridized carbons (Fsp3) is 0.176. The molecule has 1 aliphatic carbocycles. The molecule has 9 heteroatoms. The van der Waals surface area contributed by atoms with Gasteiger partial charge in [-0.25, -0.2) is 13.2 Å². The number of rotatable bonds is 1. The molecule has 2 heterocycles. The van der Waals surface area contributed by atoms with Gasteiger partial charge in [0.25, 0.3) is 0 Å². The molecule has 4 nitrogen and oxygen atoms in total. The Labute approximate surface area is 143 Å². The van der Waals surface area contributed by atoms with E-state index in [1.807, 2.05) is 24.3 Å². The predicted octanol–water partition coefficient (Wildman–Crippen LogP) is 2.76. The van der Waals surface area contributed by atoms with E-state index in [2.05, 4.69) is 5.10 Å². The van der Waals surface area contributed by atoms with Crippen LogP contribution in [-0.2, 0) is 6.42 Å². The molecule has 0 saturated heterocycles. The summed E-state index contributed by atoms with van der Waals surface area (Å²) >= 11 is 0. The predicted molar refractivity (Wildman–Crippen MR) is 76.3 cm³/mol. The fourth-order valence-corrected chi connectivity index (χ4v) is 3.62. The van der Waals surface area contributed by atoms with Gasteiger partial charge in [-0.15, -0.1) is 0 Å². The molecule has 2 aliphatic rings. The second-order valence-electron chi connectivity index (χ2n) is 6.17. The molecule has 0 unspecified atom stereocenters. The SMILES string of the molecule is Fc1c(F)c(F)c(-n2c[n+]3c(n2)O[C@@H]2Cc4ccccc4[C@@H]23)c(F)c1F. The first-order valence-electron chi connectivity index (χ1n) is 7.74. The van der Waals surface area contributed by atoms with Gasteiger partial charge < -0.3 is 4.74 Å². The van der Waals surface area contributed by atoms with Crippen LogP contribution < -0.4 is 9.30 Å². The maximum atomic E-state index is 14.0. The van der Waals surface area contributed by atoms with Crippen LogP contribution in [0.4, 0.5) is 22.0 Å². The summed E-state index contributed by atoms with van der Waals surface area (Å²) < 4.78 is 76.1. The van der Waals surface area contributed by atoms with Gasteiger partial charge in [-0.05, 0) is 11.1 Å². The summed E-state index contributed by atoms with van der Waals surface area (Å²) in [7, 11) is 0. The summed E-state index contributed by atoms with van der Waals surface area (Å²) in [5.41, 5.74) is 0.901. The highest BCUT2D eigenvalue weighted by Gasteiger charge is 2.48. The Kier molecular flexibility index (Phi) is 2.96. The molecule has 0 saturated carbocycles. The van der Waals surface area contributed by atoms with Gasteiger partial charge in [-0.1, -0.05) is 28.9 Å². The van der Waals surface area contributed by atoms with Crippen molar-refractivity contribution in [3.63, 3.8) is 0 Å². The Hall–Kier alpha value is -2.97. The van der Waals surface area contributed by atoms with Crippen molar-refractivity contribution >= 4 is 0 Å². The largest absolute Gasteiger partial charge is 0.469 e. The standard InChI is InChI=1S/C17H9F5N3O/c18-10-11(19)13(21)16(14(22)12(10)20)25-6-24-15-8-4-2-1-3-7(8)5-9(15)26-17(24)23-25/h1-4,6,9,15H,5H2/q+1/t9-,15+/m1/s1. The molecular formula is C17H9F5N3O+. The normalized spacial score (nSPS) is 19.9. The first-order valence-corrected chi connectivity index (χ1v) is 7.74. The molecule has 0 N–H and O–H groups in total. The molecule has 2 aromatic carbocycles. The summed E-state index contributed by atoms with van der Waals surface area (Å²) in [6.45, 7) is 0. The van der Waals surface area contributed by atoms with Crippen LogP contribution in [0.25, 0.3) is 5.69 Å². The topological polar surface area (TPSA) is 30.9 Å². The molecule has 0 radical (unpaired) electrons. The van der Waals surface area contributed by atoms with E-state index in [9.17, 15) is 22.0 Å². The van der Waals surface area contributed by atoms with Crippen molar-refractivity contribution in [2.24, 2.45) is 0 Å². The molecule has 0 bridgehead atoms. The number of hydrogen-bond donors (Lipinski definition) is 0. The van der Waals surface area contributed by atoms with E-state index in [0.717, 1.165) is 11.1 Å². The third-order valence-corrected chi connectivity index (χ3v) is 4.77. The molecule has 132 valence electrons. The zero-order valence-corrected chi connectivity index (χ0v) is 12.9. The van der Waals surface area contributed by atoms with Gasteiger partial charge in [-0.3, -0.25) is 0 Å². The summed E-state index contributed by atoms with van der Waals surface area (Å²) in [4.78, 5) is 0. The van der Waals surface area contributed by atoms with Crippen LogP contribution in [0.15, 0.2) is 30.6 Å². The van der Waals surface area contributed by atoms with Crippen LogP contribution >= 0.6 is 0 Å². The number of hydrogen-bond acceptors (Lipinski definition) is 2. The highest BCUT2D eigenvalue weighted by Crippen LogP contribution is 2.38. The van der Waals surface area contributed by atoms with Gasteiger partial charge in [0.15, 0.2) is 0 Å². The molecule has 1 aromatic heterocycles. The van der Waals surface area contributed by atoms with Gasteiger partial charge in [-0.2, -0.15) is 13.3 Å². The van der Waals surface area contributed by atoms with Crippen molar-refractivity contribution in [1.82, 2.24) is 9.78 Å². The van der Waals surface area contributed by atoms with E-state index in [1.165, 1.54) is 10.9 Å². The van der Waals surface area contributed by atoms with E-state index in [0.29, 0.717) is 11.1 Å². The fourth-order valence-electron chi connectivity index (χ4n) is 3.62. The van der Waals surface area contributed by atoms with Gasteiger partial charge in [0, 0.05) is 6.42 Å². The van der Waals surface area contributed by atoms with E-state index in [-0.39, 0.29) is 18.2 Å². The van der Waals surface area contributed by atoms with Gasteiger partial charge >= 0.3 is 6.01 Å². The van der Waals surface area contributed by atoms with E-state index in [1.54, 1.807) is 0 Å². The average Bonchev–Trinajstić information content (AvgIpc) is 3.27. The lowest BCUT2D eigenvalue weighted by Gasteiger charge is -2.07. The molecule has 0 amide bonds. The van der Waals surface area contributed by atoms with Crippen molar-refractivity contribution in [3.05, 3.63) is 70.8 Å². The summed E-state index contributed by atoms with van der Waals surface area (Å²) in [5, 5.41) is 3.87. The summed E-state index contributed by atoms with van der Waals surface area (Å²) in [5.74, 6) is -10.2. The number of aromatic nitrogens is 3. The molecule has 3 aromatic rings. The van der Waals surface area contributed by atoms with Crippen LogP contribution in [0.1, 0.15) is 17.2 Å². The maximum absolute atomic E-state index is 14.0. The Balaban J connectivity index is 1.66. The highest BCUT2D eigenvalue weighted by molar-refractivity contribution is 5.38. The number of ether oxygens (including phenoxy) is 1. The Morgan fingerprint density at radius 3 is 2.35 bits per heavy atom. The minimum Gasteiger partial charge on any atom is -0.431 e. The lowest BCUT2D eigenvalue weighted by Crippen LogP contribution is -2.37. The molecule has 0 spiro atoms. The lowest BCUT2D eigenvalue weighted by atomic mass is 10.1. The van der Waals surface area contributed by atoms with E-state index in [4.69, 9.17) is 4.74 Å². The second kappa shape index (κ2) is 5.03. The molecule has 1 aliphatic heterocycles. The van der Waals surface area contributed by atoms with Gasteiger partial charge in [0.2, 0.25) is 41.1 Å². The third kappa shape index (κ3) is 1.82. The Morgan fingerprint density at radius 2 is 1.62 bits per heavy atom. The minimum absolute atomic E-state index is 0.0541. The van der Waals surface area contributed by atoms with Crippen molar-refractivity contribution in [1.29, 1.82) is 0 Å². The average molecular weight is 366 g/mol. The van der Waals surface area contributed by atoms with Gasteiger partial charge in [0.05, 0.1) is 5.10 Å². The van der Waals surface area contributed by atoms with Gasteiger partial charge in [0.1, 0.15) is 12.1 Å². The zero-order chi connectivity index (χ0) is 18.2. The summed E-state index contributed by atoms with van der Waals surface area (Å²) in [6.07, 6.45) is 1.61. The van der Waals surface area contributed by atoms with Crippen LogP contribution in [-0.4, -0.2) is 15.9 Å². The minimum atomic E-state index is -2.21. The van der Waals surface area contributed by atoms with Crippen LogP contribution in [0, 0.1) is 29.1 Å². The quantitative estimate of drug-likeness (QED) is 0.287. The van der Waals surface area contributed by atoms with Crippen molar-refractivity contribution in [2.45, 2.75) is 18.6 Å². The molecule has 0 fully saturated rings. The second-order valence-corrected chi connectivity index (χ2v) is 6.17. The summed E-state index contributed by atoms with van der Waals surface area (Å²) in [6, 6.07) is 7.39. The highest BCUT2D eigenvalue weighted by atomic mass is 19.2. The van der Waals surface area contributed by atoms with Crippen LogP contribution in [0.2, 0.25) is 0 Å². The monoisotopic (exact) mass is 366 g/mol. The number of halogens is 5. The van der Waals surface area contributed by atoms with Crippen LogP contribution in [0.5, 0.6) is 6.01 Å². The maximum Gasteiger partial charge on any atom is 0.469 e. The van der Waals surface area contributed by atoms with E-state index < -0.39 is 34.8 Å². The van der Waals surface area contributed by atoms with Crippen molar-refractivity contribution in [2.75, 3.05) is 0 Å². The molecule has 2 atom stereocenters. The number of benzene rings is 2. The number of fused-ring (bicyclic) bond motifs is 5. The smallest absolute Gasteiger partial charge is 0.431 e. The van der Waals surface area contributed by atoms with E-state index >= 15 is 0 Å². The first kappa shape index (κ1) is 15.3. The molecular weight excluding hydrogens is 357 g/mol. The number of nitrogens with zero attached hydrogens (tertiary/aromatic N) is 3.